The van der Waals surface area contributed by atoms with E-state index in [9.17, 15) is 9.18 Å². The van der Waals surface area contributed by atoms with Crippen LogP contribution in [0.25, 0.3) is 0 Å². The minimum absolute atomic E-state index is 0.0205. The number of hydrogen-bond acceptors (Lipinski definition) is 5. The van der Waals surface area contributed by atoms with Crippen LogP contribution in [0.1, 0.15) is 12.8 Å². The Morgan fingerprint density at radius 1 is 1.23 bits per heavy atom. The second-order valence-corrected chi connectivity index (χ2v) is 6.88. The molecule has 26 heavy (non-hydrogen) atoms. The Balaban J connectivity index is 1.31. The topological polar surface area (TPSA) is 67.3 Å². The van der Waals surface area contributed by atoms with Crippen LogP contribution in [0.5, 0.6) is 5.75 Å². The SMILES string of the molecule is O=C(COc1ccc(F)cc1)N1C[C@H]2CC[C@@H](Nc3cnccn3)[C@H]2C1. The van der Waals surface area contributed by atoms with Gasteiger partial charge in [-0.3, -0.25) is 9.78 Å². The summed E-state index contributed by atoms with van der Waals surface area (Å²) < 4.78 is 18.4. The van der Waals surface area contributed by atoms with Gasteiger partial charge in [0.25, 0.3) is 5.91 Å². The van der Waals surface area contributed by atoms with Crippen LogP contribution in [0.3, 0.4) is 0 Å². The zero-order valence-electron chi connectivity index (χ0n) is 14.3. The van der Waals surface area contributed by atoms with Crippen molar-refractivity contribution in [2.75, 3.05) is 25.0 Å². The summed E-state index contributed by atoms with van der Waals surface area (Å²) in [5.74, 6) is 1.87. The molecule has 2 heterocycles. The van der Waals surface area contributed by atoms with E-state index in [-0.39, 0.29) is 18.3 Å². The highest BCUT2D eigenvalue weighted by atomic mass is 19.1. The molecule has 6 nitrogen and oxygen atoms in total. The molecule has 2 aromatic rings. The van der Waals surface area contributed by atoms with E-state index in [1.807, 2.05) is 4.90 Å². The molecule has 2 fully saturated rings. The Bertz CT molecular complexity index is 756. The lowest BCUT2D eigenvalue weighted by Crippen LogP contribution is -2.36. The van der Waals surface area contributed by atoms with Crippen LogP contribution in [0.2, 0.25) is 0 Å². The standard InChI is InChI=1S/C19H21FN4O2/c20-14-2-4-15(5-3-14)26-12-19(25)24-10-13-1-6-17(16(13)11-24)23-18-9-21-7-8-22-18/h2-5,7-9,13,16-17H,1,6,10-12H2,(H,22,23)/t13-,16+,17-/m1/s1. The maximum atomic E-state index is 12.9. The molecule has 1 N–H and O–H groups in total. The summed E-state index contributed by atoms with van der Waals surface area (Å²) in [5.41, 5.74) is 0. The minimum atomic E-state index is -0.322. The number of amides is 1. The number of carbonyl (C=O) groups excluding carboxylic acids is 1. The van der Waals surface area contributed by atoms with Gasteiger partial charge < -0.3 is 15.0 Å². The fourth-order valence-electron chi connectivity index (χ4n) is 3.98. The van der Waals surface area contributed by atoms with Crippen molar-refractivity contribution in [1.29, 1.82) is 0 Å². The first-order valence-corrected chi connectivity index (χ1v) is 8.88. The van der Waals surface area contributed by atoms with E-state index in [0.29, 0.717) is 23.6 Å². The molecule has 7 heteroatoms. The molecular formula is C19H21FN4O2. The third-order valence-corrected chi connectivity index (χ3v) is 5.28. The minimum Gasteiger partial charge on any atom is -0.484 e. The van der Waals surface area contributed by atoms with Crippen LogP contribution in [0, 0.1) is 17.7 Å². The number of hydrogen-bond donors (Lipinski definition) is 1. The number of anilines is 1. The van der Waals surface area contributed by atoms with Gasteiger partial charge in [-0.05, 0) is 43.0 Å². The average molecular weight is 356 g/mol. The number of rotatable bonds is 5. The van der Waals surface area contributed by atoms with Crippen LogP contribution in [-0.2, 0) is 4.79 Å². The van der Waals surface area contributed by atoms with Gasteiger partial charge in [0.05, 0.1) is 6.20 Å². The van der Waals surface area contributed by atoms with Crippen LogP contribution in [0.4, 0.5) is 10.2 Å². The molecule has 1 amide bonds. The van der Waals surface area contributed by atoms with E-state index in [0.717, 1.165) is 31.7 Å². The molecule has 1 aliphatic carbocycles. The van der Waals surface area contributed by atoms with Crippen molar-refractivity contribution in [3.05, 3.63) is 48.7 Å². The molecule has 1 saturated heterocycles. The Labute approximate surface area is 151 Å². The van der Waals surface area contributed by atoms with Gasteiger partial charge in [-0.2, -0.15) is 0 Å². The summed E-state index contributed by atoms with van der Waals surface area (Å²) in [4.78, 5) is 22.7. The van der Waals surface area contributed by atoms with Crippen molar-refractivity contribution >= 4 is 11.7 Å². The van der Waals surface area contributed by atoms with E-state index in [1.54, 1.807) is 18.6 Å². The molecule has 1 aliphatic heterocycles. The van der Waals surface area contributed by atoms with Gasteiger partial charge in [-0.15, -0.1) is 0 Å². The van der Waals surface area contributed by atoms with Crippen LogP contribution >= 0.6 is 0 Å². The molecular weight excluding hydrogens is 335 g/mol. The summed E-state index contributed by atoms with van der Waals surface area (Å²) in [6.07, 6.45) is 7.23. The second-order valence-electron chi connectivity index (χ2n) is 6.88. The van der Waals surface area contributed by atoms with E-state index < -0.39 is 0 Å². The molecule has 1 aromatic carbocycles. The number of fused-ring (bicyclic) bond motifs is 1. The molecule has 0 spiro atoms. The van der Waals surface area contributed by atoms with E-state index in [2.05, 4.69) is 15.3 Å². The fraction of sp³-hybridized carbons (Fsp3) is 0.421. The number of nitrogens with zero attached hydrogens (tertiary/aromatic N) is 3. The number of benzene rings is 1. The molecule has 2 aliphatic rings. The first-order valence-electron chi connectivity index (χ1n) is 8.88. The van der Waals surface area contributed by atoms with Gasteiger partial charge in [0, 0.05) is 37.4 Å². The predicted molar refractivity (Wildman–Crippen MR) is 94.1 cm³/mol. The van der Waals surface area contributed by atoms with Crippen molar-refractivity contribution in [2.24, 2.45) is 11.8 Å². The molecule has 0 bridgehead atoms. The van der Waals surface area contributed by atoms with Gasteiger partial charge in [-0.1, -0.05) is 0 Å². The second kappa shape index (κ2) is 7.27. The summed E-state index contributed by atoms with van der Waals surface area (Å²) in [6.45, 7) is 1.48. The highest BCUT2D eigenvalue weighted by Crippen LogP contribution is 2.39. The summed E-state index contributed by atoms with van der Waals surface area (Å²) in [5, 5.41) is 3.46. The molecule has 4 rings (SSSR count). The Morgan fingerprint density at radius 2 is 2.08 bits per heavy atom. The van der Waals surface area contributed by atoms with Gasteiger partial charge in [-0.25, -0.2) is 9.37 Å². The zero-order chi connectivity index (χ0) is 17.9. The van der Waals surface area contributed by atoms with Crippen LogP contribution in [0.15, 0.2) is 42.9 Å². The van der Waals surface area contributed by atoms with Crippen LogP contribution in [-0.4, -0.2) is 46.5 Å². The smallest absolute Gasteiger partial charge is 0.260 e. The average Bonchev–Trinajstić information content (AvgIpc) is 3.24. The van der Waals surface area contributed by atoms with Gasteiger partial charge in [0.15, 0.2) is 6.61 Å². The zero-order valence-corrected chi connectivity index (χ0v) is 14.3. The van der Waals surface area contributed by atoms with E-state index >= 15 is 0 Å². The molecule has 0 unspecified atom stereocenters. The first-order chi connectivity index (χ1) is 12.7. The lowest BCUT2D eigenvalue weighted by atomic mass is 9.98. The maximum absolute atomic E-state index is 12.9. The van der Waals surface area contributed by atoms with Crippen LogP contribution < -0.4 is 10.1 Å². The van der Waals surface area contributed by atoms with E-state index in [4.69, 9.17) is 4.74 Å². The Morgan fingerprint density at radius 3 is 2.85 bits per heavy atom. The predicted octanol–water partition coefficient (Wildman–Crippen LogP) is 2.34. The normalized spacial score (nSPS) is 24.3. The van der Waals surface area contributed by atoms with Crippen molar-refractivity contribution in [2.45, 2.75) is 18.9 Å². The van der Waals surface area contributed by atoms with Gasteiger partial charge >= 0.3 is 0 Å². The van der Waals surface area contributed by atoms with E-state index in [1.165, 1.54) is 24.3 Å². The number of nitrogens with one attached hydrogen (secondary N) is 1. The Hall–Kier alpha value is -2.70. The number of ether oxygens (including phenoxy) is 1. The lowest BCUT2D eigenvalue weighted by Gasteiger charge is -2.22. The lowest BCUT2D eigenvalue weighted by molar-refractivity contribution is -0.132. The molecule has 136 valence electrons. The molecule has 1 aromatic heterocycles. The van der Waals surface area contributed by atoms with Gasteiger partial charge in [0.1, 0.15) is 17.4 Å². The third kappa shape index (κ3) is 3.61. The number of carbonyl (C=O) groups is 1. The third-order valence-electron chi connectivity index (χ3n) is 5.28. The maximum Gasteiger partial charge on any atom is 0.260 e. The molecule has 1 saturated carbocycles. The summed E-state index contributed by atoms with van der Waals surface area (Å²) in [7, 11) is 0. The number of aromatic nitrogens is 2. The molecule has 0 radical (unpaired) electrons. The highest BCUT2D eigenvalue weighted by Gasteiger charge is 2.44. The number of likely N-dealkylation sites (tertiary alicyclic amines) is 1. The molecule has 3 atom stereocenters. The number of halogens is 1. The summed E-state index contributed by atoms with van der Waals surface area (Å²) >= 11 is 0. The highest BCUT2D eigenvalue weighted by molar-refractivity contribution is 5.78. The van der Waals surface area contributed by atoms with Crippen molar-refractivity contribution in [1.82, 2.24) is 14.9 Å². The Kier molecular flexibility index (Phi) is 4.69. The van der Waals surface area contributed by atoms with Crippen molar-refractivity contribution < 1.29 is 13.9 Å². The largest absolute Gasteiger partial charge is 0.484 e. The summed E-state index contributed by atoms with van der Waals surface area (Å²) in [6, 6.07) is 6.02. The first kappa shape index (κ1) is 16.8. The quantitative estimate of drug-likeness (QED) is 0.891. The van der Waals surface area contributed by atoms with Crippen molar-refractivity contribution in [3.8, 4) is 5.75 Å². The van der Waals surface area contributed by atoms with Crippen molar-refractivity contribution in [3.63, 3.8) is 0 Å². The monoisotopic (exact) mass is 356 g/mol. The van der Waals surface area contributed by atoms with Gasteiger partial charge in [0.2, 0.25) is 0 Å². The fourth-order valence-corrected chi connectivity index (χ4v) is 3.98.